The summed E-state index contributed by atoms with van der Waals surface area (Å²) in [6.45, 7) is -0.615. The number of nitrogen functional groups attached to an aromatic ring is 1. The van der Waals surface area contributed by atoms with Crippen molar-refractivity contribution >= 4 is 36.5 Å². The van der Waals surface area contributed by atoms with E-state index in [1.807, 2.05) is 0 Å². The number of aliphatic hydroxyl groups is 2. The Balaban J connectivity index is 0.00000342. The number of aromatic nitrogens is 6. The Morgan fingerprint density at radius 1 is 1.29 bits per heavy atom. The van der Waals surface area contributed by atoms with Gasteiger partial charge in [0, 0.05) is 18.1 Å². The number of fused-ring (bicyclic) bond motifs is 1. The summed E-state index contributed by atoms with van der Waals surface area (Å²) in [5.74, 6) is -0.436. The number of thioether (sulfide) groups is 1. The Hall–Kier alpha value is -1.27. The molecule has 0 saturated carbocycles. The fourth-order valence-electron chi connectivity index (χ4n) is 3.15. The maximum Gasteiger partial charge on any atom is 1.00 e. The van der Waals surface area contributed by atoms with E-state index in [0.717, 1.165) is 28.6 Å². The average Bonchev–Trinajstić information content (AvgIpc) is 3.48. The topological polar surface area (TPSA) is 186 Å². The smallest absolute Gasteiger partial charge is 0.761 e. The second-order valence-electron chi connectivity index (χ2n) is 7.18. The van der Waals surface area contributed by atoms with Crippen LogP contribution in [0.25, 0.3) is 11.2 Å². The number of halogens is 3. The number of rotatable bonds is 8. The second-order valence-corrected chi connectivity index (χ2v) is 9.90. The van der Waals surface area contributed by atoms with Gasteiger partial charge in [0.2, 0.25) is 7.75 Å². The van der Waals surface area contributed by atoms with E-state index in [2.05, 4.69) is 19.9 Å². The Labute approximate surface area is 221 Å². The molecule has 4 rings (SSSR count). The van der Waals surface area contributed by atoms with Crippen molar-refractivity contribution in [3.8, 4) is 0 Å². The minimum atomic E-state index is -4.56. The number of imidazole rings is 2. The molecular weight excluding hydrogens is 529 g/mol. The van der Waals surface area contributed by atoms with Gasteiger partial charge in [-0.15, -0.1) is 0 Å². The van der Waals surface area contributed by atoms with E-state index in [1.165, 1.54) is 17.1 Å². The molecule has 1 unspecified atom stereocenters. The van der Waals surface area contributed by atoms with Gasteiger partial charge < -0.3 is 30.1 Å². The average molecular weight is 547 g/mol. The van der Waals surface area contributed by atoms with Crippen LogP contribution in [-0.2, 0) is 13.8 Å². The van der Waals surface area contributed by atoms with Crippen molar-refractivity contribution in [3.05, 3.63) is 25.0 Å². The van der Waals surface area contributed by atoms with Gasteiger partial charge >= 0.3 is 35.7 Å². The molecule has 1 aliphatic heterocycles. The van der Waals surface area contributed by atoms with Crippen molar-refractivity contribution in [2.75, 3.05) is 18.1 Å². The van der Waals surface area contributed by atoms with Crippen LogP contribution in [0.4, 0.5) is 19.0 Å². The van der Waals surface area contributed by atoms with Crippen LogP contribution in [0.5, 0.6) is 0 Å². The predicted octanol–water partition coefficient (Wildman–Crippen LogP) is -2.69. The first-order chi connectivity index (χ1) is 16.0. The van der Waals surface area contributed by atoms with Crippen molar-refractivity contribution < 1.29 is 71.7 Å². The van der Waals surface area contributed by atoms with Crippen LogP contribution in [0.3, 0.4) is 0 Å². The van der Waals surface area contributed by atoms with Crippen LogP contribution in [0.2, 0.25) is 0 Å². The maximum atomic E-state index is 12.4. The first-order valence-corrected chi connectivity index (χ1v) is 12.1. The van der Waals surface area contributed by atoms with Gasteiger partial charge in [0.05, 0.1) is 19.4 Å². The molecule has 186 valence electrons. The molecule has 1 aliphatic rings. The largest absolute Gasteiger partial charge is 1.00 e. The van der Waals surface area contributed by atoms with Gasteiger partial charge in [-0.3, -0.25) is 13.5 Å². The van der Waals surface area contributed by atoms with Crippen LogP contribution in [-0.4, -0.2) is 75.9 Å². The van der Waals surface area contributed by atoms with Crippen molar-refractivity contribution in [1.82, 2.24) is 28.8 Å². The number of aliphatic hydroxyl groups excluding tert-OH is 2. The third-order valence-corrected chi connectivity index (χ3v) is 6.96. The fraction of sp³-hybridized carbons (Fsp3) is 0.500. The molecule has 0 radical (unpaired) electrons. The first-order valence-electron chi connectivity index (χ1n) is 9.62. The molecule has 0 aliphatic carbocycles. The fourth-order valence-corrected chi connectivity index (χ4v) is 4.86. The van der Waals surface area contributed by atoms with Gasteiger partial charge in [-0.05, 0) is 0 Å². The molecule has 0 bridgehead atoms. The zero-order valence-corrected chi connectivity index (χ0v) is 21.7. The van der Waals surface area contributed by atoms with Crippen LogP contribution in [0.1, 0.15) is 12.6 Å². The standard InChI is InChI=1S/C16H19F3N7O6PS.Na/c17-16(18,19)1-4-34-15-23-12(20)9-13(24-15)26(7-22-9)14-11(28)10(27)8(32-14)5-31-33(29,30)25-3-2-21-6-25;/h2-3,6-8,10-11,14,27-28H,1,4-5H2,(H,29,30)(H2,20,23,24);/q;+1/p-1/t8-,10-,11-,14-;/m1./s1. The van der Waals surface area contributed by atoms with E-state index in [0.29, 0.717) is 0 Å². The van der Waals surface area contributed by atoms with E-state index < -0.39 is 51.5 Å². The summed E-state index contributed by atoms with van der Waals surface area (Å²) in [5.41, 5.74) is 6.00. The summed E-state index contributed by atoms with van der Waals surface area (Å²) >= 11 is 0.733. The Morgan fingerprint density at radius 2 is 2.03 bits per heavy atom. The summed E-state index contributed by atoms with van der Waals surface area (Å²) in [4.78, 5) is 27.9. The van der Waals surface area contributed by atoms with E-state index in [9.17, 15) is 32.8 Å². The first kappa shape index (κ1) is 28.3. The Morgan fingerprint density at radius 3 is 2.69 bits per heavy atom. The van der Waals surface area contributed by atoms with Gasteiger partial charge in [0.15, 0.2) is 22.8 Å². The van der Waals surface area contributed by atoms with Crippen molar-refractivity contribution in [3.63, 3.8) is 0 Å². The zero-order chi connectivity index (χ0) is 24.7. The normalized spacial score (nSPS) is 24.4. The molecule has 4 N–H and O–H groups in total. The van der Waals surface area contributed by atoms with Gasteiger partial charge in [-0.1, -0.05) is 11.8 Å². The number of alkyl halides is 3. The zero-order valence-electron chi connectivity index (χ0n) is 18.0. The summed E-state index contributed by atoms with van der Waals surface area (Å²) < 4.78 is 61.9. The molecule has 19 heteroatoms. The third kappa shape index (κ3) is 6.36. The summed E-state index contributed by atoms with van der Waals surface area (Å²) in [5, 5.41) is 20.8. The van der Waals surface area contributed by atoms with Gasteiger partial charge in [-0.2, -0.15) is 13.2 Å². The SMILES string of the molecule is Nc1nc(SCCC(F)(F)F)nc2c1ncn2[C@@H]1O[C@H](COP(=O)([O-])n2ccnc2)[C@@H](O)[C@H]1O.[Na+]. The van der Waals surface area contributed by atoms with E-state index in [-0.39, 0.29) is 57.4 Å². The number of hydrogen-bond donors (Lipinski definition) is 3. The number of anilines is 1. The van der Waals surface area contributed by atoms with E-state index in [4.69, 9.17) is 15.0 Å². The van der Waals surface area contributed by atoms with E-state index >= 15 is 0 Å². The molecule has 1 saturated heterocycles. The molecule has 5 atom stereocenters. The maximum absolute atomic E-state index is 12.4. The van der Waals surface area contributed by atoms with Gasteiger partial charge in [0.25, 0.3) is 0 Å². The number of nitrogens with two attached hydrogens (primary N) is 1. The van der Waals surface area contributed by atoms with Crippen LogP contribution in [0, 0.1) is 0 Å². The molecule has 3 aromatic rings. The summed E-state index contributed by atoms with van der Waals surface area (Å²) in [7, 11) is -4.56. The van der Waals surface area contributed by atoms with Crippen molar-refractivity contribution in [1.29, 1.82) is 0 Å². The van der Waals surface area contributed by atoms with Crippen LogP contribution < -0.4 is 40.2 Å². The summed E-state index contributed by atoms with van der Waals surface area (Å²) in [6, 6.07) is 0. The molecule has 13 nitrogen and oxygen atoms in total. The molecule has 4 heterocycles. The predicted molar refractivity (Wildman–Crippen MR) is 108 cm³/mol. The minimum Gasteiger partial charge on any atom is -0.761 e. The van der Waals surface area contributed by atoms with E-state index in [1.54, 1.807) is 0 Å². The van der Waals surface area contributed by atoms with Crippen molar-refractivity contribution in [2.24, 2.45) is 0 Å². The minimum absolute atomic E-state index is 0. The molecular formula is C16H18F3N7NaO6PS. The molecule has 3 aromatic heterocycles. The monoisotopic (exact) mass is 547 g/mol. The molecule has 0 spiro atoms. The molecule has 1 fully saturated rings. The van der Waals surface area contributed by atoms with Gasteiger partial charge in [0.1, 0.15) is 30.2 Å². The molecule has 0 amide bonds. The second kappa shape index (κ2) is 11.0. The summed E-state index contributed by atoms with van der Waals surface area (Å²) in [6.07, 6.45) is -6.38. The van der Waals surface area contributed by atoms with Crippen LogP contribution in [0.15, 0.2) is 30.2 Å². The molecule has 35 heavy (non-hydrogen) atoms. The Kier molecular flexibility index (Phi) is 8.90. The van der Waals surface area contributed by atoms with Crippen LogP contribution >= 0.6 is 19.5 Å². The Bertz CT molecular complexity index is 1200. The quantitative estimate of drug-likeness (QED) is 0.115. The third-order valence-electron chi connectivity index (χ3n) is 4.83. The number of hydrogen-bond acceptors (Lipinski definition) is 12. The number of ether oxygens (including phenoxy) is 1. The molecule has 0 aromatic carbocycles. The van der Waals surface area contributed by atoms with Gasteiger partial charge in [-0.25, -0.2) is 19.9 Å². The van der Waals surface area contributed by atoms with Crippen molar-refractivity contribution in [2.45, 2.75) is 42.3 Å². The number of nitrogens with zero attached hydrogens (tertiary/aromatic N) is 6.